The Kier molecular flexibility index (Phi) is 12.0. The van der Waals surface area contributed by atoms with Gasteiger partial charge < -0.3 is 19.3 Å². The van der Waals surface area contributed by atoms with Crippen molar-refractivity contribution in [2.75, 3.05) is 27.3 Å². The van der Waals surface area contributed by atoms with Crippen LogP contribution in [0.4, 0.5) is 0 Å². The van der Waals surface area contributed by atoms with Gasteiger partial charge in [0.15, 0.2) is 11.5 Å². The molecule has 0 spiro atoms. The van der Waals surface area contributed by atoms with E-state index in [1.54, 1.807) is 42.6 Å². The van der Waals surface area contributed by atoms with Crippen LogP contribution in [0.5, 0.6) is 11.5 Å². The molecule has 0 radical (unpaired) electrons. The average Bonchev–Trinajstić information content (AvgIpc) is 3.13. The van der Waals surface area contributed by atoms with Crippen LogP contribution in [0.15, 0.2) is 125 Å². The number of hydrogen-bond donors (Lipinski definition) is 1. The summed E-state index contributed by atoms with van der Waals surface area (Å²) >= 11 is 5.93. The third-order valence-corrected chi connectivity index (χ3v) is 9.93. The first-order valence-corrected chi connectivity index (χ1v) is 17.4. The van der Waals surface area contributed by atoms with Crippen molar-refractivity contribution in [2.24, 2.45) is 0 Å². The third kappa shape index (κ3) is 9.24. The molecule has 254 valence electrons. The molecular weight excluding hydrogens is 664 g/mol. The summed E-state index contributed by atoms with van der Waals surface area (Å²) in [5, 5.41) is 11.3. The van der Waals surface area contributed by atoms with Crippen LogP contribution in [0.1, 0.15) is 38.7 Å². The first-order valence-electron chi connectivity index (χ1n) is 15.5. The number of benzene rings is 4. The second kappa shape index (κ2) is 16.6. The summed E-state index contributed by atoms with van der Waals surface area (Å²) in [5.74, 6) is -0.583. The van der Waals surface area contributed by atoms with E-state index in [2.05, 4.69) is 9.88 Å². The number of hydrogen-bond acceptors (Lipinski definition) is 9. The number of nitrogens with zero attached hydrogens (tertiary/aromatic N) is 2. The normalized spacial score (nSPS) is 12.0. The fraction of sp³-hybridized carbons (Fsp3) is 0.211. The van der Waals surface area contributed by atoms with Crippen molar-refractivity contribution >= 4 is 27.4 Å². The van der Waals surface area contributed by atoms with E-state index in [0.717, 1.165) is 16.7 Å². The van der Waals surface area contributed by atoms with Crippen molar-refractivity contribution in [3.63, 3.8) is 0 Å². The molecule has 9 nitrogen and oxygen atoms in total. The molecule has 0 saturated heterocycles. The molecule has 5 aromatic rings. The topological polar surface area (TPSA) is 115 Å². The largest absolute Gasteiger partial charge is 0.493 e. The van der Waals surface area contributed by atoms with E-state index < -0.39 is 21.9 Å². The zero-order chi connectivity index (χ0) is 34.8. The van der Waals surface area contributed by atoms with E-state index in [1.807, 2.05) is 60.7 Å². The van der Waals surface area contributed by atoms with Crippen molar-refractivity contribution in [1.29, 1.82) is 0 Å². The lowest BCUT2D eigenvalue weighted by atomic mass is 10.1. The van der Waals surface area contributed by atoms with Crippen molar-refractivity contribution < 1.29 is 32.5 Å². The molecule has 11 heteroatoms. The SMILES string of the molecule is COC(=O)c1cc(S(=O)(=O)c2ccc(CCN(Cc3ccccc3)C[C@@H](O)c3ccc(Cl)nc3)cc2)cc(OC)c1OCc1ccccc1. The molecule has 1 heterocycles. The molecular formula is C38H37ClN2O7S. The second-order valence-corrected chi connectivity index (χ2v) is 13.7. The van der Waals surface area contributed by atoms with Crippen LogP contribution in [-0.2, 0) is 34.1 Å². The minimum absolute atomic E-state index is 0.0545. The third-order valence-electron chi connectivity index (χ3n) is 7.96. The van der Waals surface area contributed by atoms with E-state index in [9.17, 15) is 18.3 Å². The van der Waals surface area contributed by atoms with Gasteiger partial charge in [0.2, 0.25) is 9.84 Å². The molecule has 5 rings (SSSR count). The summed E-state index contributed by atoms with van der Waals surface area (Å²) in [5.41, 5.74) is 3.47. The Labute approximate surface area is 291 Å². The fourth-order valence-electron chi connectivity index (χ4n) is 5.29. The maximum Gasteiger partial charge on any atom is 0.341 e. The van der Waals surface area contributed by atoms with E-state index in [1.165, 1.54) is 26.4 Å². The van der Waals surface area contributed by atoms with E-state index in [-0.39, 0.29) is 33.5 Å². The van der Waals surface area contributed by atoms with Crippen LogP contribution in [0.25, 0.3) is 0 Å². The molecule has 0 fully saturated rings. The predicted octanol–water partition coefficient (Wildman–Crippen LogP) is 6.72. The summed E-state index contributed by atoms with van der Waals surface area (Å²) in [4.78, 5) is 18.9. The zero-order valence-electron chi connectivity index (χ0n) is 27.2. The number of methoxy groups -OCH3 is 2. The van der Waals surface area contributed by atoms with Crippen LogP contribution >= 0.6 is 11.6 Å². The van der Waals surface area contributed by atoms with Gasteiger partial charge in [-0.25, -0.2) is 18.2 Å². The highest BCUT2D eigenvalue weighted by atomic mass is 35.5. The Hall–Kier alpha value is -4.74. The number of rotatable bonds is 15. The Morgan fingerprint density at radius 3 is 2.14 bits per heavy atom. The molecule has 1 aromatic heterocycles. The summed E-state index contributed by atoms with van der Waals surface area (Å²) in [6.45, 7) is 1.71. The lowest BCUT2D eigenvalue weighted by Gasteiger charge is -2.25. The quantitative estimate of drug-likeness (QED) is 0.0939. The minimum Gasteiger partial charge on any atom is -0.493 e. The minimum atomic E-state index is -4.06. The number of sulfone groups is 1. The van der Waals surface area contributed by atoms with Crippen molar-refractivity contribution in [2.45, 2.75) is 35.5 Å². The molecule has 0 saturated carbocycles. The number of aromatic nitrogens is 1. The lowest BCUT2D eigenvalue weighted by molar-refractivity contribution is 0.0594. The highest BCUT2D eigenvalue weighted by molar-refractivity contribution is 7.91. The van der Waals surface area contributed by atoms with Gasteiger partial charge in [-0.2, -0.15) is 0 Å². The van der Waals surface area contributed by atoms with Crippen LogP contribution in [0.3, 0.4) is 0 Å². The molecule has 4 aromatic carbocycles. The maximum absolute atomic E-state index is 13.8. The molecule has 0 bridgehead atoms. The van der Waals surface area contributed by atoms with Gasteiger partial charge in [0.05, 0.1) is 30.1 Å². The van der Waals surface area contributed by atoms with Gasteiger partial charge in [0, 0.05) is 37.5 Å². The predicted molar refractivity (Wildman–Crippen MR) is 187 cm³/mol. The fourth-order valence-corrected chi connectivity index (χ4v) is 6.71. The van der Waals surface area contributed by atoms with Gasteiger partial charge in [0.1, 0.15) is 17.3 Å². The number of aliphatic hydroxyl groups excluding tert-OH is 1. The number of ether oxygens (including phenoxy) is 3. The van der Waals surface area contributed by atoms with Crippen LogP contribution < -0.4 is 9.47 Å². The highest BCUT2D eigenvalue weighted by Crippen LogP contribution is 2.37. The Morgan fingerprint density at radius 1 is 0.857 bits per heavy atom. The van der Waals surface area contributed by atoms with Gasteiger partial charge in [-0.05, 0) is 47.4 Å². The van der Waals surface area contributed by atoms with E-state index >= 15 is 0 Å². The van der Waals surface area contributed by atoms with Gasteiger partial charge in [-0.1, -0.05) is 90.5 Å². The van der Waals surface area contributed by atoms with Gasteiger partial charge >= 0.3 is 5.97 Å². The number of carbonyl (C=O) groups is 1. The van der Waals surface area contributed by atoms with Crippen molar-refractivity contribution in [3.8, 4) is 11.5 Å². The average molecular weight is 701 g/mol. The molecule has 0 unspecified atom stereocenters. The summed E-state index contributed by atoms with van der Waals surface area (Å²) in [6, 6.07) is 32.0. The van der Waals surface area contributed by atoms with E-state index in [0.29, 0.717) is 36.8 Å². The highest BCUT2D eigenvalue weighted by Gasteiger charge is 2.26. The number of aliphatic hydroxyl groups is 1. The van der Waals surface area contributed by atoms with Crippen LogP contribution in [0.2, 0.25) is 5.15 Å². The molecule has 0 aliphatic carbocycles. The van der Waals surface area contributed by atoms with Gasteiger partial charge in [0.25, 0.3) is 0 Å². The molecule has 1 N–H and O–H groups in total. The summed E-state index contributed by atoms with van der Waals surface area (Å²) in [6.07, 6.45) is 1.40. The number of esters is 1. The Morgan fingerprint density at radius 2 is 1.53 bits per heavy atom. The Bertz CT molecular complexity index is 1940. The summed E-state index contributed by atoms with van der Waals surface area (Å²) in [7, 11) is -1.47. The first-order chi connectivity index (χ1) is 23.7. The van der Waals surface area contributed by atoms with Crippen LogP contribution in [0, 0.1) is 0 Å². The standard InChI is InChI=1S/C38H37ClN2O7S/c1-46-35-22-32(21-33(38(43)47-2)37(35)48-26-29-11-7-4-8-12-29)49(44,45)31-16-13-27(14-17-31)19-20-41(24-28-9-5-3-6-10-28)25-34(42)30-15-18-36(39)40-23-30/h3-18,21-23,34,42H,19-20,24-26H2,1-2H3/t34-/m1/s1. The zero-order valence-corrected chi connectivity index (χ0v) is 28.7. The van der Waals surface area contributed by atoms with Crippen molar-refractivity contribution in [3.05, 3.63) is 148 Å². The molecule has 0 aliphatic heterocycles. The smallest absolute Gasteiger partial charge is 0.341 e. The summed E-state index contributed by atoms with van der Waals surface area (Å²) < 4.78 is 44.0. The molecule has 0 amide bonds. The Balaban J connectivity index is 1.33. The molecule has 1 atom stereocenters. The van der Waals surface area contributed by atoms with E-state index in [4.69, 9.17) is 25.8 Å². The first kappa shape index (κ1) is 35.6. The second-order valence-electron chi connectivity index (χ2n) is 11.3. The lowest BCUT2D eigenvalue weighted by Crippen LogP contribution is -2.30. The molecule has 0 aliphatic rings. The monoisotopic (exact) mass is 700 g/mol. The van der Waals surface area contributed by atoms with Gasteiger partial charge in [-0.3, -0.25) is 4.90 Å². The maximum atomic E-state index is 13.8. The van der Waals surface area contributed by atoms with Gasteiger partial charge in [-0.15, -0.1) is 0 Å². The van der Waals surface area contributed by atoms with Crippen LogP contribution in [-0.4, -0.2) is 56.7 Å². The molecule has 49 heavy (non-hydrogen) atoms. The number of carbonyl (C=O) groups excluding carboxylic acids is 1. The number of halogens is 1. The number of pyridine rings is 1. The van der Waals surface area contributed by atoms with Crippen molar-refractivity contribution in [1.82, 2.24) is 9.88 Å².